The van der Waals surface area contributed by atoms with Gasteiger partial charge in [-0.15, -0.1) is 0 Å². The topological polar surface area (TPSA) is 0 Å². The average molecular weight is 304 g/mol. The molecule has 24 heavy (non-hydrogen) atoms. The lowest BCUT2D eigenvalue weighted by molar-refractivity contribution is 1.69. The van der Waals surface area contributed by atoms with Gasteiger partial charge in [-0.25, -0.2) is 0 Å². The molecule has 0 atom stereocenters. The first-order valence-electron chi connectivity index (χ1n) is 8.30. The predicted octanol–water partition coefficient (Wildman–Crippen LogP) is 6.81. The number of hydrogen-bond donors (Lipinski definition) is 0. The molecule has 0 aliphatic carbocycles. The Morgan fingerprint density at radius 2 is 0.875 bits per heavy atom. The largest absolute Gasteiger partial charge is 0.0616 e. The lowest BCUT2D eigenvalue weighted by Gasteiger charge is -2.12. The van der Waals surface area contributed by atoms with Crippen molar-refractivity contribution in [2.24, 2.45) is 0 Å². The molecule has 0 amide bonds. The van der Waals surface area contributed by atoms with Crippen molar-refractivity contribution in [1.29, 1.82) is 0 Å². The summed E-state index contributed by atoms with van der Waals surface area (Å²) in [6.45, 7) is 0. The monoisotopic (exact) mass is 304 g/mol. The highest BCUT2D eigenvalue weighted by atomic mass is 14.1. The van der Waals surface area contributed by atoms with Crippen LogP contribution in [0.25, 0.3) is 43.4 Å². The summed E-state index contributed by atoms with van der Waals surface area (Å²) in [6.07, 6.45) is 0. The molecule has 5 aromatic carbocycles. The van der Waals surface area contributed by atoms with E-state index in [-0.39, 0.29) is 0 Å². The van der Waals surface area contributed by atoms with Crippen LogP contribution in [0.5, 0.6) is 0 Å². The standard InChI is InChI=1S/C24H16/c1-3-11-20-17(7-1)9-5-13-22(20)23-14-6-10-19-16-15-18-8-2-4-12-21(18)24(19)23/h1-16H. The molecule has 5 rings (SSSR count). The third-order valence-electron chi connectivity index (χ3n) is 4.85. The van der Waals surface area contributed by atoms with Crippen LogP contribution in [0.15, 0.2) is 97.1 Å². The van der Waals surface area contributed by atoms with E-state index >= 15 is 0 Å². The molecule has 0 spiro atoms. The van der Waals surface area contributed by atoms with E-state index in [4.69, 9.17) is 0 Å². The van der Waals surface area contributed by atoms with Crippen LogP contribution >= 0.6 is 0 Å². The molecule has 0 saturated carbocycles. The molecule has 0 fully saturated rings. The molecule has 0 aliphatic rings. The van der Waals surface area contributed by atoms with Gasteiger partial charge in [0.2, 0.25) is 0 Å². The van der Waals surface area contributed by atoms with Crippen molar-refractivity contribution >= 4 is 32.3 Å². The van der Waals surface area contributed by atoms with Gasteiger partial charge in [-0.05, 0) is 43.4 Å². The molecule has 0 heterocycles. The Balaban J connectivity index is 1.98. The summed E-state index contributed by atoms with van der Waals surface area (Å²) in [5, 5.41) is 7.83. The van der Waals surface area contributed by atoms with Gasteiger partial charge in [0.05, 0.1) is 0 Å². The lowest BCUT2D eigenvalue weighted by Crippen LogP contribution is -1.85. The summed E-state index contributed by atoms with van der Waals surface area (Å²) >= 11 is 0. The van der Waals surface area contributed by atoms with Gasteiger partial charge in [-0.2, -0.15) is 0 Å². The van der Waals surface area contributed by atoms with E-state index in [0.29, 0.717) is 0 Å². The summed E-state index contributed by atoms with van der Waals surface area (Å²) < 4.78 is 0. The van der Waals surface area contributed by atoms with Gasteiger partial charge in [0.1, 0.15) is 0 Å². The second-order valence-electron chi connectivity index (χ2n) is 6.22. The maximum atomic E-state index is 2.25. The smallest absolute Gasteiger partial charge is 0.00266 e. The van der Waals surface area contributed by atoms with Crippen LogP contribution in [-0.2, 0) is 0 Å². The lowest BCUT2D eigenvalue weighted by atomic mass is 9.91. The molecular weight excluding hydrogens is 288 g/mol. The van der Waals surface area contributed by atoms with Crippen molar-refractivity contribution in [3.63, 3.8) is 0 Å². The zero-order chi connectivity index (χ0) is 15.9. The van der Waals surface area contributed by atoms with Gasteiger partial charge in [0.15, 0.2) is 0 Å². The van der Waals surface area contributed by atoms with Gasteiger partial charge < -0.3 is 0 Å². The maximum absolute atomic E-state index is 2.25. The zero-order valence-electron chi connectivity index (χ0n) is 13.2. The van der Waals surface area contributed by atoms with Crippen LogP contribution < -0.4 is 0 Å². The normalized spacial score (nSPS) is 11.3. The first-order valence-corrected chi connectivity index (χ1v) is 8.30. The van der Waals surface area contributed by atoms with Crippen LogP contribution in [0.2, 0.25) is 0 Å². The fourth-order valence-electron chi connectivity index (χ4n) is 3.74. The Hall–Kier alpha value is -3.12. The number of fused-ring (bicyclic) bond motifs is 4. The predicted molar refractivity (Wildman–Crippen MR) is 104 cm³/mol. The van der Waals surface area contributed by atoms with E-state index in [9.17, 15) is 0 Å². The van der Waals surface area contributed by atoms with Crippen LogP contribution in [0.3, 0.4) is 0 Å². The third kappa shape index (κ3) is 1.93. The zero-order valence-corrected chi connectivity index (χ0v) is 13.2. The van der Waals surface area contributed by atoms with E-state index in [1.165, 1.54) is 43.4 Å². The highest BCUT2D eigenvalue weighted by molar-refractivity contribution is 6.16. The SMILES string of the molecule is c1ccc2c(-c3cccc4ccc5ccccc5c34)cccc2c1. The minimum atomic E-state index is 1.28. The van der Waals surface area contributed by atoms with Gasteiger partial charge in [-0.1, -0.05) is 97.1 Å². The van der Waals surface area contributed by atoms with Crippen molar-refractivity contribution in [3.05, 3.63) is 97.1 Å². The molecule has 112 valence electrons. The second-order valence-corrected chi connectivity index (χ2v) is 6.22. The highest BCUT2D eigenvalue weighted by Gasteiger charge is 2.09. The summed E-state index contributed by atoms with van der Waals surface area (Å²) in [7, 11) is 0. The minimum Gasteiger partial charge on any atom is -0.0616 e. The van der Waals surface area contributed by atoms with Crippen molar-refractivity contribution in [1.82, 2.24) is 0 Å². The molecule has 5 aromatic rings. The van der Waals surface area contributed by atoms with E-state index in [1.807, 2.05) is 0 Å². The molecule has 0 saturated heterocycles. The van der Waals surface area contributed by atoms with Crippen LogP contribution in [0.4, 0.5) is 0 Å². The van der Waals surface area contributed by atoms with Gasteiger partial charge in [-0.3, -0.25) is 0 Å². The van der Waals surface area contributed by atoms with E-state index in [1.54, 1.807) is 0 Å². The summed E-state index contributed by atoms with van der Waals surface area (Å²) in [5.41, 5.74) is 2.61. The van der Waals surface area contributed by atoms with Crippen LogP contribution in [0, 0.1) is 0 Å². The van der Waals surface area contributed by atoms with Crippen LogP contribution in [-0.4, -0.2) is 0 Å². The molecule has 0 bridgehead atoms. The summed E-state index contributed by atoms with van der Waals surface area (Å²) in [6, 6.07) is 34.9. The second kappa shape index (κ2) is 5.21. The number of rotatable bonds is 1. The van der Waals surface area contributed by atoms with E-state index in [0.717, 1.165) is 0 Å². The maximum Gasteiger partial charge on any atom is -0.00266 e. The highest BCUT2D eigenvalue weighted by Crippen LogP contribution is 2.37. The minimum absolute atomic E-state index is 1.28. The third-order valence-corrected chi connectivity index (χ3v) is 4.85. The van der Waals surface area contributed by atoms with Crippen molar-refractivity contribution in [3.8, 4) is 11.1 Å². The quantitative estimate of drug-likeness (QED) is 0.298. The molecule has 0 aliphatic heterocycles. The van der Waals surface area contributed by atoms with Crippen molar-refractivity contribution < 1.29 is 0 Å². The summed E-state index contributed by atoms with van der Waals surface area (Å²) in [4.78, 5) is 0. The molecule has 0 unspecified atom stereocenters. The Morgan fingerprint density at radius 3 is 1.71 bits per heavy atom. The van der Waals surface area contributed by atoms with Gasteiger partial charge in [0, 0.05) is 0 Å². The molecule has 0 radical (unpaired) electrons. The van der Waals surface area contributed by atoms with E-state index in [2.05, 4.69) is 97.1 Å². The number of hydrogen-bond acceptors (Lipinski definition) is 0. The Kier molecular flexibility index (Phi) is 2.89. The van der Waals surface area contributed by atoms with E-state index < -0.39 is 0 Å². The molecule has 0 heteroatoms. The van der Waals surface area contributed by atoms with Gasteiger partial charge in [0.25, 0.3) is 0 Å². The van der Waals surface area contributed by atoms with Gasteiger partial charge >= 0.3 is 0 Å². The first kappa shape index (κ1) is 13.3. The number of benzene rings is 5. The van der Waals surface area contributed by atoms with Crippen molar-refractivity contribution in [2.45, 2.75) is 0 Å². The Morgan fingerprint density at radius 1 is 0.333 bits per heavy atom. The first-order chi connectivity index (χ1) is 11.9. The Bertz CT molecular complexity index is 1190. The molecular formula is C24H16. The fraction of sp³-hybridized carbons (Fsp3) is 0. The van der Waals surface area contributed by atoms with Crippen molar-refractivity contribution in [2.75, 3.05) is 0 Å². The molecule has 0 nitrogen and oxygen atoms in total. The summed E-state index contributed by atoms with van der Waals surface area (Å²) in [5.74, 6) is 0. The molecule has 0 aromatic heterocycles. The fourth-order valence-corrected chi connectivity index (χ4v) is 3.74. The average Bonchev–Trinajstić information content (AvgIpc) is 2.67. The molecule has 0 N–H and O–H groups in total. The van der Waals surface area contributed by atoms with Crippen LogP contribution in [0.1, 0.15) is 0 Å². The Labute approximate surface area is 141 Å².